The molecule has 2 fully saturated rings. The molecule has 3 heterocycles. The molecule has 2 aliphatic heterocycles. The Morgan fingerprint density at radius 3 is 2.38 bits per heavy atom. The smallest absolute Gasteiger partial charge is 0.325 e. The van der Waals surface area contributed by atoms with Gasteiger partial charge in [-0.1, -0.05) is 30.3 Å². The first-order chi connectivity index (χ1) is 16.3. The molecule has 2 saturated heterocycles. The average Bonchev–Trinajstić information content (AvgIpc) is 3.52. The maximum Gasteiger partial charge on any atom is 0.325 e. The number of carbonyl (C=O) groups excluding carboxylic acids is 2. The van der Waals surface area contributed by atoms with Crippen molar-refractivity contribution >= 4 is 29.2 Å². The first-order valence-electron chi connectivity index (χ1n) is 11.0. The van der Waals surface area contributed by atoms with Gasteiger partial charge >= 0.3 is 5.97 Å². The molecule has 0 aliphatic carbocycles. The minimum Gasteiger partial charge on any atom is -0.480 e. The maximum absolute atomic E-state index is 13.8. The third kappa shape index (κ3) is 3.28. The van der Waals surface area contributed by atoms with E-state index in [0.717, 1.165) is 16.2 Å². The minimum atomic E-state index is -1.68. The normalized spacial score (nSPS) is 26.1. The van der Waals surface area contributed by atoms with Gasteiger partial charge in [-0.25, -0.2) is 9.88 Å². The van der Waals surface area contributed by atoms with Crippen LogP contribution in [0, 0.1) is 11.8 Å². The number of imide groups is 1. The molecule has 34 heavy (non-hydrogen) atoms. The van der Waals surface area contributed by atoms with Crippen molar-refractivity contribution in [3.05, 3.63) is 78.4 Å². The summed E-state index contributed by atoms with van der Waals surface area (Å²) in [4.78, 5) is 50.4. The number of imidazole rings is 1. The molecule has 1 aromatic heterocycles. The number of hydrogen-bond donors (Lipinski definition) is 3. The highest BCUT2D eigenvalue weighted by atomic mass is 16.4. The summed E-state index contributed by atoms with van der Waals surface area (Å²) in [6, 6.07) is 15.7. The van der Waals surface area contributed by atoms with Gasteiger partial charge in [0, 0.05) is 44.1 Å². The highest BCUT2D eigenvalue weighted by Gasteiger charge is 2.68. The number of rotatable bonds is 6. The molecular formula is C25H25N5O4. The molecule has 3 N–H and O–H groups in total. The molecule has 3 aromatic rings. The summed E-state index contributed by atoms with van der Waals surface area (Å²) in [5.74, 6) is -4.04. The van der Waals surface area contributed by atoms with Crippen LogP contribution in [0.3, 0.4) is 0 Å². The number of H-pyrrole nitrogens is 1. The third-order valence-corrected chi connectivity index (χ3v) is 6.84. The van der Waals surface area contributed by atoms with Crippen molar-refractivity contribution in [2.45, 2.75) is 18.0 Å². The summed E-state index contributed by atoms with van der Waals surface area (Å²) in [7, 11) is 3.80. The van der Waals surface area contributed by atoms with Crippen molar-refractivity contribution in [2.24, 2.45) is 11.8 Å². The summed E-state index contributed by atoms with van der Waals surface area (Å²) in [6.07, 6.45) is 2.99. The zero-order valence-corrected chi connectivity index (χ0v) is 18.8. The number of anilines is 2. The molecule has 2 unspecified atom stereocenters. The molecule has 174 valence electrons. The number of amides is 2. The average molecular weight is 460 g/mol. The standard InChI is InChI=1S/C25H25N5O4/c1-29(2)17-8-10-18(11-9-17)30-22(31)19-20(23(30)32)25(24(33)34,12-16-13-26-14-27-16)28-21(19)15-6-4-3-5-7-15/h3-11,13-14,19-21,28H,12H2,1-2H3,(H,26,27)(H,33,34)/t19-,20-,21?,25?/m1/s1. The Kier molecular flexibility index (Phi) is 5.21. The molecule has 0 bridgehead atoms. The fourth-order valence-corrected chi connectivity index (χ4v) is 5.22. The lowest BCUT2D eigenvalue weighted by Crippen LogP contribution is -2.57. The van der Waals surface area contributed by atoms with Gasteiger partial charge < -0.3 is 15.0 Å². The van der Waals surface area contributed by atoms with Crippen LogP contribution in [0.1, 0.15) is 17.3 Å². The number of aliphatic carboxylic acids is 1. The molecule has 4 atom stereocenters. The van der Waals surface area contributed by atoms with E-state index in [-0.39, 0.29) is 6.42 Å². The Labute approximate surface area is 196 Å². The highest BCUT2D eigenvalue weighted by Crippen LogP contribution is 2.50. The topological polar surface area (TPSA) is 119 Å². The Morgan fingerprint density at radius 2 is 1.79 bits per heavy atom. The molecular weight excluding hydrogens is 434 g/mol. The summed E-state index contributed by atoms with van der Waals surface area (Å²) in [5.41, 5.74) is 1.00. The van der Waals surface area contributed by atoms with Gasteiger partial charge in [-0.2, -0.15) is 0 Å². The van der Waals surface area contributed by atoms with Crippen LogP contribution in [0.15, 0.2) is 67.1 Å². The first-order valence-corrected chi connectivity index (χ1v) is 11.0. The molecule has 0 saturated carbocycles. The van der Waals surface area contributed by atoms with Gasteiger partial charge in [-0.15, -0.1) is 0 Å². The van der Waals surface area contributed by atoms with Crippen molar-refractivity contribution in [1.29, 1.82) is 0 Å². The molecule has 5 rings (SSSR count). The largest absolute Gasteiger partial charge is 0.480 e. The number of hydrogen-bond acceptors (Lipinski definition) is 6. The number of carboxylic acids is 1. The summed E-state index contributed by atoms with van der Waals surface area (Å²) >= 11 is 0. The van der Waals surface area contributed by atoms with Crippen molar-refractivity contribution < 1.29 is 19.5 Å². The number of nitrogens with one attached hydrogen (secondary N) is 2. The highest BCUT2D eigenvalue weighted by molar-refractivity contribution is 6.24. The maximum atomic E-state index is 13.8. The van der Waals surface area contributed by atoms with Crippen LogP contribution in [0.25, 0.3) is 0 Å². The van der Waals surface area contributed by atoms with Crippen LogP contribution in [0.4, 0.5) is 11.4 Å². The van der Waals surface area contributed by atoms with Crippen LogP contribution in [-0.2, 0) is 20.8 Å². The van der Waals surface area contributed by atoms with Crippen LogP contribution < -0.4 is 15.1 Å². The van der Waals surface area contributed by atoms with Gasteiger partial charge in [-0.05, 0) is 29.8 Å². The number of benzene rings is 2. The number of carbonyl (C=O) groups is 3. The number of carboxylic acid groups (broad SMARTS) is 1. The first kappa shape index (κ1) is 21.8. The summed E-state index contributed by atoms with van der Waals surface area (Å²) in [5, 5.41) is 13.6. The Hall–Kier alpha value is -3.98. The number of aromatic nitrogens is 2. The van der Waals surface area contributed by atoms with Gasteiger partial charge in [0.25, 0.3) is 0 Å². The summed E-state index contributed by atoms with van der Waals surface area (Å²) in [6.45, 7) is 0. The van der Waals surface area contributed by atoms with Crippen molar-refractivity contribution in [1.82, 2.24) is 15.3 Å². The zero-order chi connectivity index (χ0) is 24.0. The van der Waals surface area contributed by atoms with Crippen molar-refractivity contribution in [3.8, 4) is 0 Å². The number of fused-ring (bicyclic) bond motifs is 1. The second kappa shape index (κ2) is 8.11. The van der Waals surface area contributed by atoms with E-state index < -0.39 is 41.2 Å². The van der Waals surface area contributed by atoms with E-state index in [1.807, 2.05) is 61.5 Å². The van der Waals surface area contributed by atoms with Gasteiger partial charge in [0.1, 0.15) is 5.54 Å². The van der Waals surface area contributed by atoms with E-state index in [0.29, 0.717) is 11.4 Å². The van der Waals surface area contributed by atoms with Crippen LogP contribution in [-0.4, -0.2) is 52.5 Å². The van der Waals surface area contributed by atoms with Crippen LogP contribution >= 0.6 is 0 Å². The van der Waals surface area contributed by atoms with Crippen LogP contribution in [0.5, 0.6) is 0 Å². The molecule has 2 aromatic carbocycles. The quantitative estimate of drug-likeness (QED) is 0.483. The van der Waals surface area contributed by atoms with Crippen molar-refractivity contribution in [3.63, 3.8) is 0 Å². The van der Waals surface area contributed by atoms with Crippen LogP contribution in [0.2, 0.25) is 0 Å². The van der Waals surface area contributed by atoms with Gasteiger partial charge in [0.15, 0.2) is 0 Å². The van der Waals surface area contributed by atoms with E-state index in [4.69, 9.17) is 0 Å². The lowest BCUT2D eigenvalue weighted by molar-refractivity contribution is -0.148. The minimum absolute atomic E-state index is 0.0146. The Balaban J connectivity index is 1.62. The second-order valence-electron chi connectivity index (χ2n) is 8.99. The number of nitrogens with zero attached hydrogens (tertiary/aromatic N) is 3. The summed E-state index contributed by atoms with van der Waals surface area (Å²) < 4.78 is 0. The second-order valence-corrected chi connectivity index (χ2v) is 8.99. The molecule has 9 nitrogen and oxygen atoms in total. The fraction of sp³-hybridized carbons (Fsp3) is 0.280. The van der Waals surface area contributed by atoms with E-state index >= 15 is 0 Å². The molecule has 2 aliphatic rings. The Bertz CT molecular complexity index is 1230. The molecule has 0 radical (unpaired) electrons. The fourth-order valence-electron chi connectivity index (χ4n) is 5.22. The molecule has 0 spiro atoms. The van der Waals surface area contributed by atoms with Gasteiger partial charge in [0.05, 0.1) is 23.9 Å². The number of aromatic amines is 1. The predicted molar refractivity (Wildman–Crippen MR) is 125 cm³/mol. The lowest BCUT2D eigenvalue weighted by Gasteiger charge is -2.31. The third-order valence-electron chi connectivity index (χ3n) is 6.84. The van der Waals surface area contributed by atoms with Crippen molar-refractivity contribution in [2.75, 3.05) is 23.9 Å². The monoisotopic (exact) mass is 459 g/mol. The lowest BCUT2D eigenvalue weighted by atomic mass is 9.77. The SMILES string of the molecule is CN(C)c1ccc(N2C(=O)[C@H]3C(c4ccccc4)NC(Cc4cnc[nH]4)(C(=O)O)[C@H]3C2=O)cc1. The molecule has 2 amide bonds. The van der Waals surface area contributed by atoms with Gasteiger partial charge in [0.2, 0.25) is 11.8 Å². The predicted octanol–water partition coefficient (Wildman–Crippen LogP) is 1.99. The van der Waals surface area contributed by atoms with E-state index in [1.54, 1.807) is 12.1 Å². The van der Waals surface area contributed by atoms with E-state index in [1.165, 1.54) is 12.5 Å². The zero-order valence-electron chi connectivity index (χ0n) is 18.8. The van der Waals surface area contributed by atoms with E-state index in [9.17, 15) is 19.5 Å². The Morgan fingerprint density at radius 1 is 1.09 bits per heavy atom. The van der Waals surface area contributed by atoms with E-state index in [2.05, 4.69) is 15.3 Å². The molecule has 9 heteroatoms. The van der Waals surface area contributed by atoms with Gasteiger partial charge in [-0.3, -0.25) is 19.7 Å².